The maximum absolute atomic E-state index is 5.12. The number of nitrogens with one attached hydrogen (secondary N) is 1. The lowest BCUT2D eigenvalue weighted by Gasteiger charge is -2.19. The molecule has 0 bridgehead atoms. The van der Waals surface area contributed by atoms with Crippen LogP contribution in [0.3, 0.4) is 0 Å². The van der Waals surface area contributed by atoms with E-state index in [0.717, 1.165) is 18.0 Å². The molecule has 0 radical (unpaired) electrons. The summed E-state index contributed by atoms with van der Waals surface area (Å²) in [5.74, 6) is 1.63. The van der Waals surface area contributed by atoms with Gasteiger partial charge in [-0.05, 0) is 26.7 Å². The maximum atomic E-state index is 5.12. The third-order valence-corrected chi connectivity index (χ3v) is 3.28. The van der Waals surface area contributed by atoms with E-state index in [1.54, 1.807) is 0 Å². The number of hydrogen-bond acceptors (Lipinski definition) is 3. The monoisotopic (exact) mass is 210 g/mol. The molecule has 0 saturated carbocycles. The molecule has 0 fully saturated rings. The van der Waals surface area contributed by atoms with Crippen LogP contribution in [0.2, 0.25) is 0 Å². The van der Waals surface area contributed by atoms with Crippen LogP contribution < -0.4 is 5.32 Å². The summed E-state index contributed by atoms with van der Waals surface area (Å²) in [6, 6.07) is 0.531. The largest absolute Gasteiger partial charge is 0.361 e. The lowest BCUT2D eigenvalue weighted by molar-refractivity contribution is 0.381. The van der Waals surface area contributed by atoms with Crippen molar-refractivity contribution in [3.63, 3.8) is 0 Å². The highest BCUT2D eigenvalue weighted by Gasteiger charge is 2.13. The Labute approximate surface area is 92.2 Å². The van der Waals surface area contributed by atoms with Gasteiger partial charge in [-0.2, -0.15) is 0 Å². The molecule has 0 saturated heterocycles. The zero-order chi connectivity index (χ0) is 11.4. The molecule has 3 nitrogen and oxygen atoms in total. The van der Waals surface area contributed by atoms with Crippen LogP contribution in [-0.4, -0.2) is 11.2 Å². The summed E-state index contributed by atoms with van der Waals surface area (Å²) in [4.78, 5) is 0. The van der Waals surface area contributed by atoms with Crippen molar-refractivity contribution in [1.82, 2.24) is 10.5 Å². The van der Waals surface area contributed by atoms with E-state index < -0.39 is 0 Å². The fourth-order valence-electron chi connectivity index (χ4n) is 1.57. The highest BCUT2D eigenvalue weighted by molar-refractivity contribution is 5.20. The van der Waals surface area contributed by atoms with Crippen LogP contribution in [0.25, 0.3) is 0 Å². The van der Waals surface area contributed by atoms with Crippen molar-refractivity contribution in [1.29, 1.82) is 0 Å². The summed E-state index contributed by atoms with van der Waals surface area (Å²) in [5, 5.41) is 7.46. The first-order valence-electron chi connectivity index (χ1n) is 5.71. The van der Waals surface area contributed by atoms with Gasteiger partial charge in [-0.1, -0.05) is 25.4 Å². The number of nitrogens with zero attached hydrogens (tertiary/aromatic N) is 1. The second-order valence-corrected chi connectivity index (χ2v) is 4.36. The topological polar surface area (TPSA) is 38.1 Å². The van der Waals surface area contributed by atoms with E-state index in [4.69, 9.17) is 4.52 Å². The van der Waals surface area contributed by atoms with Crippen molar-refractivity contribution < 1.29 is 4.52 Å². The standard InChI is InChI=1S/C12H22N2O/c1-6-8(2)9(3)13-7-12-10(4)14-15-11(12)5/h8-9,13H,6-7H2,1-5H3/t8-,9-/m0/s1. The van der Waals surface area contributed by atoms with Crippen LogP contribution in [0, 0.1) is 19.8 Å². The number of aromatic nitrogens is 1. The smallest absolute Gasteiger partial charge is 0.138 e. The van der Waals surface area contributed by atoms with Crippen LogP contribution >= 0.6 is 0 Å². The predicted octanol–water partition coefficient (Wildman–Crippen LogP) is 2.82. The Morgan fingerprint density at radius 2 is 2.00 bits per heavy atom. The van der Waals surface area contributed by atoms with E-state index in [9.17, 15) is 0 Å². The third-order valence-electron chi connectivity index (χ3n) is 3.28. The van der Waals surface area contributed by atoms with Gasteiger partial charge in [-0.3, -0.25) is 0 Å². The molecule has 0 spiro atoms. The minimum Gasteiger partial charge on any atom is -0.361 e. The molecule has 1 heterocycles. The molecule has 0 aliphatic carbocycles. The van der Waals surface area contributed by atoms with E-state index in [2.05, 4.69) is 31.2 Å². The van der Waals surface area contributed by atoms with Gasteiger partial charge in [0.2, 0.25) is 0 Å². The first-order valence-corrected chi connectivity index (χ1v) is 5.71. The fourth-order valence-corrected chi connectivity index (χ4v) is 1.57. The third kappa shape index (κ3) is 3.06. The summed E-state index contributed by atoms with van der Waals surface area (Å²) in [5.41, 5.74) is 2.20. The number of aryl methyl sites for hydroxylation is 2. The normalized spacial score (nSPS) is 15.3. The summed E-state index contributed by atoms with van der Waals surface area (Å²) in [6.07, 6.45) is 1.20. The van der Waals surface area contributed by atoms with Crippen molar-refractivity contribution >= 4 is 0 Å². The second-order valence-electron chi connectivity index (χ2n) is 4.36. The van der Waals surface area contributed by atoms with Gasteiger partial charge in [-0.25, -0.2) is 0 Å². The SMILES string of the molecule is CC[C@H](C)[C@H](C)NCc1c(C)noc1C. The van der Waals surface area contributed by atoms with Gasteiger partial charge in [0.15, 0.2) is 0 Å². The molecule has 1 aromatic rings. The van der Waals surface area contributed by atoms with Crippen LogP contribution in [0.1, 0.15) is 44.2 Å². The molecule has 1 rings (SSSR count). The molecule has 3 heteroatoms. The van der Waals surface area contributed by atoms with Crippen molar-refractivity contribution in [2.45, 2.75) is 53.6 Å². The van der Waals surface area contributed by atoms with Crippen LogP contribution in [0.4, 0.5) is 0 Å². The molecule has 2 atom stereocenters. The van der Waals surface area contributed by atoms with Gasteiger partial charge in [0.05, 0.1) is 5.69 Å². The molecule has 86 valence electrons. The van der Waals surface area contributed by atoms with Crippen LogP contribution in [0.5, 0.6) is 0 Å². The van der Waals surface area contributed by atoms with E-state index in [0.29, 0.717) is 12.0 Å². The minimum absolute atomic E-state index is 0.531. The lowest BCUT2D eigenvalue weighted by atomic mass is 10.0. The molecule has 0 amide bonds. The van der Waals surface area contributed by atoms with Crippen molar-refractivity contribution in [3.05, 3.63) is 17.0 Å². The molecule has 0 aromatic carbocycles. The Morgan fingerprint density at radius 1 is 1.33 bits per heavy atom. The number of hydrogen-bond donors (Lipinski definition) is 1. The van der Waals surface area contributed by atoms with E-state index in [1.807, 2.05) is 13.8 Å². The maximum Gasteiger partial charge on any atom is 0.138 e. The Morgan fingerprint density at radius 3 is 2.47 bits per heavy atom. The van der Waals surface area contributed by atoms with Gasteiger partial charge in [-0.15, -0.1) is 0 Å². The molecule has 1 aromatic heterocycles. The van der Waals surface area contributed by atoms with E-state index in [-0.39, 0.29) is 0 Å². The first kappa shape index (κ1) is 12.2. The lowest BCUT2D eigenvalue weighted by Crippen LogP contribution is -2.31. The molecule has 15 heavy (non-hydrogen) atoms. The average Bonchev–Trinajstić information content (AvgIpc) is 2.54. The molecule has 0 aliphatic heterocycles. The summed E-state index contributed by atoms with van der Waals surface area (Å²) in [7, 11) is 0. The van der Waals surface area contributed by atoms with Crippen LogP contribution in [-0.2, 0) is 6.54 Å². The quantitative estimate of drug-likeness (QED) is 0.812. The molecule has 1 N–H and O–H groups in total. The Kier molecular flexibility index (Phi) is 4.33. The second kappa shape index (κ2) is 5.31. The van der Waals surface area contributed by atoms with Gasteiger partial charge < -0.3 is 9.84 Å². The van der Waals surface area contributed by atoms with Gasteiger partial charge >= 0.3 is 0 Å². The summed E-state index contributed by atoms with van der Waals surface area (Å²) >= 11 is 0. The van der Waals surface area contributed by atoms with Crippen LogP contribution in [0.15, 0.2) is 4.52 Å². The Balaban J connectivity index is 2.50. The Bertz CT molecular complexity index is 287. The Hall–Kier alpha value is -0.830. The first-order chi connectivity index (χ1) is 7.06. The molecular weight excluding hydrogens is 188 g/mol. The highest BCUT2D eigenvalue weighted by Crippen LogP contribution is 2.13. The van der Waals surface area contributed by atoms with E-state index >= 15 is 0 Å². The van der Waals surface area contributed by atoms with Crippen molar-refractivity contribution in [2.24, 2.45) is 5.92 Å². The van der Waals surface area contributed by atoms with E-state index in [1.165, 1.54) is 12.0 Å². The van der Waals surface area contributed by atoms with Crippen molar-refractivity contribution in [2.75, 3.05) is 0 Å². The van der Waals surface area contributed by atoms with Gasteiger partial charge in [0.25, 0.3) is 0 Å². The molecule has 0 aliphatic rings. The summed E-state index contributed by atoms with van der Waals surface area (Å²) in [6.45, 7) is 11.5. The molecule has 0 unspecified atom stereocenters. The fraction of sp³-hybridized carbons (Fsp3) is 0.750. The minimum atomic E-state index is 0.531. The summed E-state index contributed by atoms with van der Waals surface area (Å²) < 4.78 is 5.12. The van der Waals surface area contributed by atoms with Gasteiger partial charge in [0.1, 0.15) is 5.76 Å². The number of rotatable bonds is 5. The zero-order valence-electron chi connectivity index (χ0n) is 10.4. The van der Waals surface area contributed by atoms with Gasteiger partial charge in [0, 0.05) is 18.2 Å². The molecular formula is C12H22N2O. The van der Waals surface area contributed by atoms with Crippen molar-refractivity contribution in [3.8, 4) is 0 Å². The zero-order valence-corrected chi connectivity index (χ0v) is 10.4. The predicted molar refractivity (Wildman–Crippen MR) is 61.7 cm³/mol. The average molecular weight is 210 g/mol. The highest BCUT2D eigenvalue weighted by atomic mass is 16.5.